The van der Waals surface area contributed by atoms with Crippen molar-refractivity contribution in [1.82, 2.24) is 19.7 Å². The lowest BCUT2D eigenvalue weighted by molar-refractivity contribution is -0.133. The molecule has 1 aromatic carbocycles. The molecule has 1 saturated carbocycles. The Morgan fingerprint density at radius 1 is 1.16 bits per heavy atom. The minimum atomic E-state index is -0.215. The smallest absolute Gasteiger partial charge is 0.248 e. The van der Waals surface area contributed by atoms with Gasteiger partial charge in [-0.15, -0.1) is 0 Å². The molecule has 2 aromatic heterocycles. The molecule has 0 unspecified atom stereocenters. The third-order valence-corrected chi connectivity index (χ3v) is 6.01. The fraction of sp³-hybridized carbons (Fsp3) is 0.280. The summed E-state index contributed by atoms with van der Waals surface area (Å²) in [4.78, 5) is 31.1. The van der Waals surface area contributed by atoms with E-state index in [-0.39, 0.29) is 17.7 Å². The number of carbonyl (C=O) groups excluding carboxylic acids is 2. The number of rotatable bonds is 5. The van der Waals surface area contributed by atoms with Crippen LogP contribution in [0.3, 0.4) is 0 Å². The van der Waals surface area contributed by atoms with Crippen LogP contribution < -0.4 is 5.32 Å². The zero-order chi connectivity index (χ0) is 22.1. The highest BCUT2D eigenvalue weighted by Gasteiger charge is 2.34. The number of nitrogens with zero attached hydrogens (tertiary/aromatic N) is 4. The molecule has 1 aliphatic carbocycles. The molecule has 5 rings (SSSR count). The third-order valence-electron chi connectivity index (χ3n) is 6.01. The maximum atomic E-state index is 12.6. The van der Waals surface area contributed by atoms with E-state index in [0.29, 0.717) is 6.54 Å². The van der Waals surface area contributed by atoms with E-state index in [9.17, 15) is 9.59 Å². The van der Waals surface area contributed by atoms with Crippen LogP contribution in [0.15, 0.2) is 55.1 Å². The fourth-order valence-corrected chi connectivity index (χ4v) is 4.12. The van der Waals surface area contributed by atoms with E-state index in [1.807, 2.05) is 36.3 Å². The van der Waals surface area contributed by atoms with Crippen molar-refractivity contribution in [2.75, 3.05) is 11.9 Å². The summed E-state index contributed by atoms with van der Waals surface area (Å²) in [5.41, 5.74) is 5.86. The molecule has 0 bridgehead atoms. The summed E-state index contributed by atoms with van der Waals surface area (Å²) in [6.07, 6.45) is 13.3. The molecule has 1 fully saturated rings. The SMILES string of the molecule is Cn1cc(-c2ccncc2C=CC(=O)Nc2ccc3c(c2)CN(C(=O)C2CC2)CC3)cn1. The van der Waals surface area contributed by atoms with Crippen molar-refractivity contribution < 1.29 is 9.59 Å². The van der Waals surface area contributed by atoms with Crippen molar-refractivity contribution in [2.45, 2.75) is 25.8 Å². The molecular formula is C25H25N5O2. The Morgan fingerprint density at radius 2 is 2.03 bits per heavy atom. The molecule has 0 radical (unpaired) electrons. The van der Waals surface area contributed by atoms with Gasteiger partial charge in [0.25, 0.3) is 0 Å². The van der Waals surface area contributed by atoms with Gasteiger partial charge in [-0.1, -0.05) is 6.07 Å². The molecule has 32 heavy (non-hydrogen) atoms. The van der Waals surface area contributed by atoms with Gasteiger partial charge in [-0.05, 0) is 60.2 Å². The molecule has 2 aliphatic rings. The number of aromatic nitrogens is 3. The van der Waals surface area contributed by atoms with Crippen LogP contribution in [0.1, 0.15) is 29.5 Å². The molecular weight excluding hydrogens is 402 g/mol. The molecule has 3 aromatic rings. The van der Waals surface area contributed by atoms with Crippen molar-refractivity contribution in [3.63, 3.8) is 0 Å². The lowest BCUT2D eigenvalue weighted by atomic mass is 9.98. The minimum Gasteiger partial charge on any atom is -0.338 e. The predicted molar refractivity (Wildman–Crippen MR) is 122 cm³/mol. The van der Waals surface area contributed by atoms with Gasteiger partial charge in [-0.25, -0.2) is 0 Å². The number of benzene rings is 1. The van der Waals surface area contributed by atoms with Gasteiger partial charge in [0.1, 0.15) is 0 Å². The Hall–Kier alpha value is -3.74. The van der Waals surface area contributed by atoms with E-state index < -0.39 is 0 Å². The Morgan fingerprint density at radius 3 is 2.81 bits per heavy atom. The van der Waals surface area contributed by atoms with Crippen LogP contribution in [0.25, 0.3) is 17.2 Å². The second kappa shape index (κ2) is 8.42. The predicted octanol–water partition coefficient (Wildman–Crippen LogP) is 3.43. The molecule has 7 nitrogen and oxygen atoms in total. The molecule has 7 heteroatoms. The van der Waals surface area contributed by atoms with Gasteiger partial charge >= 0.3 is 0 Å². The molecule has 3 heterocycles. The van der Waals surface area contributed by atoms with Crippen LogP contribution in [0.4, 0.5) is 5.69 Å². The maximum absolute atomic E-state index is 12.6. The minimum absolute atomic E-state index is 0.215. The van der Waals surface area contributed by atoms with Crippen molar-refractivity contribution in [2.24, 2.45) is 13.0 Å². The van der Waals surface area contributed by atoms with Crippen LogP contribution in [-0.2, 0) is 29.6 Å². The maximum Gasteiger partial charge on any atom is 0.248 e. The number of nitrogens with one attached hydrogen (secondary N) is 1. The number of carbonyl (C=O) groups is 2. The largest absolute Gasteiger partial charge is 0.338 e. The number of hydrogen-bond donors (Lipinski definition) is 1. The van der Waals surface area contributed by atoms with Crippen LogP contribution >= 0.6 is 0 Å². The normalized spacial score (nSPS) is 15.6. The second-order valence-corrected chi connectivity index (χ2v) is 8.46. The van der Waals surface area contributed by atoms with Crippen molar-refractivity contribution in [3.05, 3.63) is 71.8 Å². The summed E-state index contributed by atoms with van der Waals surface area (Å²) in [6.45, 7) is 1.40. The van der Waals surface area contributed by atoms with Crippen LogP contribution in [0.2, 0.25) is 0 Å². The van der Waals surface area contributed by atoms with E-state index in [1.54, 1.807) is 29.3 Å². The first-order chi connectivity index (χ1) is 15.6. The number of anilines is 1. The molecule has 0 saturated heterocycles. The molecule has 1 aliphatic heterocycles. The van der Waals surface area contributed by atoms with Gasteiger partial charge in [-0.3, -0.25) is 19.3 Å². The van der Waals surface area contributed by atoms with E-state index in [0.717, 1.165) is 53.7 Å². The molecule has 0 atom stereocenters. The Balaban J connectivity index is 1.28. The highest BCUT2D eigenvalue weighted by molar-refractivity contribution is 6.02. The lowest BCUT2D eigenvalue weighted by Crippen LogP contribution is -2.36. The summed E-state index contributed by atoms with van der Waals surface area (Å²) >= 11 is 0. The summed E-state index contributed by atoms with van der Waals surface area (Å²) in [7, 11) is 1.87. The number of amides is 2. The average molecular weight is 428 g/mol. The van der Waals surface area contributed by atoms with Crippen molar-refractivity contribution in [1.29, 1.82) is 0 Å². The lowest BCUT2D eigenvalue weighted by Gasteiger charge is -2.29. The van der Waals surface area contributed by atoms with Crippen molar-refractivity contribution >= 4 is 23.6 Å². The fourth-order valence-electron chi connectivity index (χ4n) is 4.12. The quantitative estimate of drug-likeness (QED) is 0.633. The number of aryl methyl sites for hydroxylation is 1. The Labute approximate surface area is 186 Å². The Bertz CT molecular complexity index is 1210. The molecule has 1 N–H and O–H groups in total. The molecule has 0 spiro atoms. The van der Waals surface area contributed by atoms with Crippen LogP contribution in [0.5, 0.6) is 0 Å². The van der Waals surface area contributed by atoms with Gasteiger partial charge in [0, 0.05) is 67.5 Å². The number of hydrogen-bond acceptors (Lipinski definition) is 4. The Kier molecular flexibility index (Phi) is 5.31. The summed E-state index contributed by atoms with van der Waals surface area (Å²) < 4.78 is 1.74. The van der Waals surface area contributed by atoms with Crippen LogP contribution in [-0.4, -0.2) is 38.0 Å². The summed E-state index contributed by atoms with van der Waals surface area (Å²) in [5, 5.41) is 7.16. The first-order valence-corrected chi connectivity index (χ1v) is 10.9. The standard InChI is InChI=1S/C25H25N5O2/c1-29-15-21(14-27-29)23-8-10-26-13-19(23)5-7-24(31)28-22-6-4-17-9-11-30(16-20(17)12-22)25(32)18-2-3-18/h4-8,10,12-15,18H,2-3,9,11,16H2,1H3,(H,28,31). The van der Waals surface area contributed by atoms with Gasteiger partial charge < -0.3 is 10.2 Å². The van der Waals surface area contributed by atoms with Gasteiger partial charge in [0.2, 0.25) is 11.8 Å². The van der Waals surface area contributed by atoms with E-state index >= 15 is 0 Å². The van der Waals surface area contributed by atoms with E-state index in [4.69, 9.17) is 0 Å². The van der Waals surface area contributed by atoms with E-state index in [1.165, 1.54) is 11.6 Å². The van der Waals surface area contributed by atoms with Crippen LogP contribution in [0, 0.1) is 5.92 Å². The van der Waals surface area contributed by atoms with Gasteiger partial charge in [-0.2, -0.15) is 5.10 Å². The van der Waals surface area contributed by atoms with Gasteiger partial charge in [0.15, 0.2) is 0 Å². The van der Waals surface area contributed by atoms with Gasteiger partial charge in [0.05, 0.1) is 6.20 Å². The number of pyridine rings is 1. The second-order valence-electron chi connectivity index (χ2n) is 8.46. The first kappa shape index (κ1) is 20.2. The van der Waals surface area contributed by atoms with Crippen molar-refractivity contribution in [3.8, 4) is 11.1 Å². The highest BCUT2D eigenvalue weighted by Crippen LogP contribution is 2.33. The summed E-state index contributed by atoms with van der Waals surface area (Å²) in [5.74, 6) is 0.287. The zero-order valence-electron chi connectivity index (χ0n) is 18.0. The summed E-state index contributed by atoms with van der Waals surface area (Å²) in [6, 6.07) is 7.87. The number of fused-ring (bicyclic) bond motifs is 1. The first-order valence-electron chi connectivity index (χ1n) is 10.9. The highest BCUT2D eigenvalue weighted by atomic mass is 16.2. The topological polar surface area (TPSA) is 80.1 Å². The molecule has 162 valence electrons. The molecule has 2 amide bonds. The average Bonchev–Trinajstić information content (AvgIpc) is 3.57. The monoisotopic (exact) mass is 427 g/mol. The van der Waals surface area contributed by atoms with E-state index in [2.05, 4.69) is 21.5 Å². The third kappa shape index (κ3) is 4.32. The zero-order valence-corrected chi connectivity index (χ0v) is 18.0.